The average Bonchev–Trinajstić information content (AvgIpc) is 3.32. The Kier molecular flexibility index (Phi) is 8.91. The van der Waals surface area contributed by atoms with Crippen LogP contribution in [0.4, 0.5) is 11.4 Å². The second-order valence-electron chi connectivity index (χ2n) is 10.2. The summed E-state index contributed by atoms with van der Waals surface area (Å²) in [7, 11) is 0. The number of piperidine rings is 1. The number of carbonyl (C=O) groups excluding carboxylic acids is 2. The molecule has 0 aliphatic carbocycles. The normalized spacial score (nSPS) is 16.3. The molecule has 3 aromatic rings. The largest absolute Gasteiger partial charge is 0.395 e. The van der Waals surface area contributed by atoms with Gasteiger partial charge < -0.3 is 25.7 Å². The highest BCUT2D eigenvalue weighted by molar-refractivity contribution is 6.37. The van der Waals surface area contributed by atoms with Crippen LogP contribution in [0.5, 0.6) is 0 Å². The smallest absolute Gasteiger partial charge is 0.258 e. The van der Waals surface area contributed by atoms with E-state index < -0.39 is 0 Å². The van der Waals surface area contributed by atoms with Gasteiger partial charge in [0.1, 0.15) is 0 Å². The van der Waals surface area contributed by atoms with Gasteiger partial charge in [0.05, 0.1) is 24.5 Å². The van der Waals surface area contributed by atoms with Crippen molar-refractivity contribution in [2.24, 2.45) is 0 Å². The van der Waals surface area contributed by atoms with E-state index in [1.807, 2.05) is 42.5 Å². The Bertz CT molecular complexity index is 1360. The molecule has 1 fully saturated rings. The predicted molar refractivity (Wildman–Crippen MR) is 158 cm³/mol. The first kappa shape index (κ1) is 27.6. The first-order valence-electron chi connectivity index (χ1n) is 13.9. The SMILES string of the molecule is O=C1Nc2ccc(C(=O)N(CCO)CCO)cc2/C1=C(/Nc1ccc(CN2CCCCC2)cc1)c1ccccc1. The number of rotatable bonds is 10. The Labute approximate surface area is 234 Å². The van der Waals surface area contributed by atoms with E-state index in [9.17, 15) is 19.8 Å². The molecule has 40 heavy (non-hydrogen) atoms. The topological polar surface area (TPSA) is 105 Å². The molecule has 0 saturated carbocycles. The van der Waals surface area contributed by atoms with E-state index in [1.54, 1.807) is 18.2 Å². The Morgan fingerprint density at radius 1 is 0.875 bits per heavy atom. The van der Waals surface area contributed by atoms with Crippen molar-refractivity contribution in [3.05, 3.63) is 95.1 Å². The summed E-state index contributed by atoms with van der Waals surface area (Å²) >= 11 is 0. The highest BCUT2D eigenvalue weighted by Gasteiger charge is 2.30. The van der Waals surface area contributed by atoms with Gasteiger partial charge in [0, 0.05) is 42.1 Å². The van der Waals surface area contributed by atoms with Gasteiger partial charge >= 0.3 is 0 Å². The Balaban J connectivity index is 1.49. The molecule has 8 nitrogen and oxygen atoms in total. The van der Waals surface area contributed by atoms with E-state index in [0.29, 0.717) is 28.1 Å². The summed E-state index contributed by atoms with van der Waals surface area (Å²) < 4.78 is 0. The number of anilines is 2. The predicted octanol–water partition coefficient (Wildman–Crippen LogP) is 4.03. The standard InChI is InChI=1S/C32H36N4O4/c37-19-17-36(18-20-38)32(40)25-11-14-28-27(21-25)29(31(39)34-28)30(24-7-3-1-4-8-24)33-26-12-9-23(10-13-26)22-35-15-5-2-6-16-35/h1,3-4,7-14,21,33,37-38H,2,5-6,15-20,22H2,(H,34,39)/b30-29-. The zero-order valence-electron chi connectivity index (χ0n) is 22.6. The minimum absolute atomic E-state index is 0.112. The summed E-state index contributed by atoms with van der Waals surface area (Å²) in [5, 5.41) is 25.2. The Hall–Kier alpha value is -3.98. The fourth-order valence-electron chi connectivity index (χ4n) is 5.38. The third-order valence-electron chi connectivity index (χ3n) is 7.43. The van der Waals surface area contributed by atoms with E-state index >= 15 is 0 Å². The molecular weight excluding hydrogens is 504 g/mol. The number of hydrogen-bond donors (Lipinski definition) is 4. The van der Waals surface area contributed by atoms with Gasteiger partial charge in [0.25, 0.3) is 11.8 Å². The summed E-state index contributed by atoms with van der Waals surface area (Å²) in [6, 6.07) is 23.1. The fourth-order valence-corrected chi connectivity index (χ4v) is 5.38. The monoisotopic (exact) mass is 540 g/mol. The number of aliphatic hydroxyl groups is 2. The van der Waals surface area contributed by atoms with E-state index in [1.165, 1.54) is 29.7 Å². The molecular formula is C32H36N4O4. The molecule has 2 amide bonds. The van der Waals surface area contributed by atoms with Gasteiger partial charge in [0.15, 0.2) is 0 Å². The van der Waals surface area contributed by atoms with Crippen molar-refractivity contribution >= 4 is 34.5 Å². The molecule has 0 radical (unpaired) electrons. The summed E-state index contributed by atoms with van der Waals surface area (Å²) in [5.74, 6) is -0.571. The lowest BCUT2D eigenvalue weighted by molar-refractivity contribution is -0.110. The van der Waals surface area contributed by atoms with Crippen LogP contribution in [-0.2, 0) is 11.3 Å². The number of nitrogens with zero attached hydrogens (tertiary/aromatic N) is 2. The van der Waals surface area contributed by atoms with Gasteiger partial charge in [-0.2, -0.15) is 0 Å². The minimum atomic E-state index is -0.317. The molecule has 5 rings (SSSR count). The molecule has 2 aliphatic rings. The van der Waals surface area contributed by atoms with Crippen LogP contribution in [0.2, 0.25) is 0 Å². The Morgan fingerprint density at radius 3 is 2.25 bits per heavy atom. The number of aliphatic hydroxyl groups excluding tert-OH is 2. The maximum absolute atomic E-state index is 13.4. The summed E-state index contributed by atoms with van der Waals surface area (Å²) in [5.41, 5.74) is 5.68. The third-order valence-corrected chi connectivity index (χ3v) is 7.43. The lowest BCUT2D eigenvalue weighted by Gasteiger charge is -2.26. The van der Waals surface area contributed by atoms with Gasteiger partial charge in [-0.15, -0.1) is 0 Å². The zero-order valence-corrected chi connectivity index (χ0v) is 22.6. The van der Waals surface area contributed by atoms with Crippen LogP contribution in [0.25, 0.3) is 11.3 Å². The molecule has 2 heterocycles. The van der Waals surface area contributed by atoms with Crippen molar-refractivity contribution in [1.29, 1.82) is 0 Å². The molecule has 1 saturated heterocycles. The van der Waals surface area contributed by atoms with Crippen LogP contribution in [0.1, 0.15) is 46.3 Å². The zero-order chi connectivity index (χ0) is 27.9. The van der Waals surface area contributed by atoms with Crippen LogP contribution >= 0.6 is 0 Å². The molecule has 0 bridgehead atoms. The number of benzene rings is 3. The second kappa shape index (κ2) is 12.9. The molecule has 2 aliphatic heterocycles. The van der Waals surface area contributed by atoms with E-state index in [2.05, 4.69) is 27.7 Å². The van der Waals surface area contributed by atoms with Crippen molar-refractivity contribution in [3.63, 3.8) is 0 Å². The van der Waals surface area contributed by atoms with Crippen molar-refractivity contribution in [2.75, 3.05) is 50.0 Å². The van der Waals surface area contributed by atoms with Crippen LogP contribution in [0, 0.1) is 0 Å². The van der Waals surface area contributed by atoms with E-state index in [4.69, 9.17) is 0 Å². The molecule has 8 heteroatoms. The molecule has 3 aromatic carbocycles. The molecule has 208 valence electrons. The highest BCUT2D eigenvalue weighted by Crippen LogP contribution is 2.38. The lowest BCUT2D eigenvalue weighted by atomic mass is 9.98. The number of fused-ring (bicyclic) bond motifs is 1. The van der Waals surface area contributed by atoms with Crippen LogP contribution < -0.4 is 10.6 Å². The maximum atomic E-state index is 13.4. The number of amides is 2. The quantitative estimate of drug-likeness (QED) is 0.290. The molecule has 0 spiro atoms. The average molecular weight is 541 g/mol. The Morgan fingerprint density at radius 2 is 1.57 bits per heavy atom. The summed E-state index contributed by atoms with van der Waals surface area (Å²) in [6.45, 7) is 3.02. The first-order valence-corrected chi connectivity index (χ1v) is 13.9. The van der Waals surface area contributed by atoms with Crippen molar-refractivity contribution in [2.45, 2.75) is 25.8 Å². The highest BCUT2D eigenvalue weighted by atomic mass is 16.3. The number of hydrogen-bond acceptors (Lipinski definition) is 6. The maximum Gasteiger partial charge on any atom is 0.258 e. The van der Waals surface area contributed by atoms with Crippen LogP contribution in [0.15, 0.2) is 72.8 Å². The summed E-state index contributed by atoms with van der Waals surface area (Å²) in [4.78, 5) is 30.4. The fraction of sp³-hybridized carbons (Fsp3) is 0.312. The molecule has 0 aromatic heterocycles. The van der Waals surface area contributed by atoms with E-state index in [0.717, 1.165) is 30.9 Å². The van der Waals surface area contributed by atoms with Crippen molar-refractivity contribution in [3.8, 4) is 0 Å². The summed E-state index contributed by atoms with van der Waals surface area (Å²) in [6.07, 6.45) is 3.82. The molecule has 0 atom stereocenters. The number of likely N-dealkylation sites (tertiary alicyclic amines) is 1. The van der Waals surface area contributed by atoms with E-state index in [-0.39, 0.29) is 38.1 Å². The first-order chi connectivity index (χ1) is 19.6. The van der Waals surface area contributed by atoms with Gasteiger partial charge in [-0.1, -0.05) is 48.9 Å². The van der Waals surface area contributed by atoms with Gasteiger partial charge in [-0.05, 0) is 67.4 Å². The minimum Gasteiger partial charge on any atom is -0.395 e. The molecule has 4 N–H and O–H groups in total. The number of carbonyl (C=O) groups is 2. The second-order valence-corrected chi connectivity index (χ2v) is 10.2. The van der Waals surface area contributed by atoms with Crippen LogP contribution in [-0.4, -0.2) is 71.2 Å². The third kappa shape index (κ3) is 6.25. The number of nitrogens with one attached hydrogen (secondary N) is 2. The van der Waals surface area contributed by atoms with Crippen molar-refractivity contribution < 1.29 is 19.8 Å². The van der Waals surface area contributed by atoms with Gasteiger partial charge in [-0.3, -0.25) is 14.5 Å². The van der Waals surface area contributed by atoms with Crippen molar-refractivity contribution in [1.82, 2.24) is 9.80 Å². The lowest BCUT2D eigenvalue weighted by Crippen LogP contribution is -2.35. The molecule has 0 unspecified atom stereocenters. The van der Waals surface area contributed by atoms with Crippen LogP contribution in [0.3, 0.4) is 0 Å². The van der Waals surface area contributed by atoms with Gasteiger partial charge in [0.2, 0.25) is 0 Å². The van der Waals surface area contributed by atoms with Gasteiger partial charge in [-0.25, -0.2) is 0 Å².